The first kappa shape index (κ1) is 19.3. The van der Waals surface area contributed by atoms with Crippen molar-refractivity contribution in [3.63, 3.8) is 0 Å². The minimum absolute atomic E-state index is 0.158. The molecule has 0 bridgehead atoms. The quantitative estimate of drug-likeness (QED) is 0.546. The Morgan fingerprint density at radius 2 is 1.86 bits per heavy atom. The van der Waals surface area contributed by atoms with Crippen LogP contribution in [0.1, 0.15) is 42.9 Å². The van der Waals surface area contributed by atoms with Crippen LogP contribution in [-0.4, -0.2) is 28.5 Å². The van der Waals surface area contributed by atoms with E-state index >= 15 is 0 Å². The van der Waals surface area contributed by atoms with E-state index in [1.165, 1.54) is 4.68 Å². The Hall–Kier alpha value is -3.48. The van der Waals surface area contributed by atoms with Crippen molar-refractivity contribution >= 4 is 22.4 Å². The van der Waals surface area contributed by atoms with Crippen LogP contribution in [0.15, 0.2) is 58.4 Å². The molecule has 0 saturated heterocycles. The molecule has 1 aromatic heterocycles. The zero-order chi connectivity index (χ0) is 20.3. The average Bonchev–Trinajstić information content (AvgIpc) is 2.72. The highest BCUT2D eigenvalue weighted by atomic mass is 16.5. The fourth-order valence-corrected chi connectivity index (χ4v) is 2.82. The Balaban J connectivity index is 1.97. The van der Waals surface area contributed by atoms with Crippen LogP contribution in [0.25, 0.3) is 10.8 Å². The number of nitrogens with zero attached hydrogens (tertiary/aromatic N) is 3. The van der Waals surface area contributed by atoms with Crippen molar-refractivity contribution in [1.82, 2.24) is 15.2 Å². The minimum atomic E-state index is -0.479. The van der Waals surface area contributed by atoms with Crippen molar-refractivity contribution in [1.29, 1.82) is 0 Å². The first-order valence-corrected chi connectivity index (χ1v) is 8.93. The summed E-state index contributed by atoms with van der Waals surface area (Å²) in [5, 5.41) is 9.41. The van der Waals surface area contributed by atoms with Gasteiger partial charge >= 0.3 is 0 Å². The largest absolute Gasteiger partial charge is 0.497 e. The van der Waals surface area contributed by atoms with E-state index in [2.05, 4.69) is 15.6 Å². The number of carbonyl (C=O) groups is 1. The van der Waals surface area contributed by atoms with Gasteiger partial charge in [-0.25, -0.2) is 10.1 Å². The van der Waals surface area contributed by atoms with Gasteiger partial charge in [-0.2, -0.15) is 10.2 Å². The average molecular weight is 378 g/mol. The first-order valence-electron chi connectivity index (χ1n) is 8.93. The predicted octanol–water partition coefficient (Wildman–Crippen LogP) is 3.14. The summed E-state index contributed by atoms with van der Waals surface area (Å²) >= 11 is 0. The third kappa shape index (κ3) is 3.78. The van der Waals surface area contributed by atoms with Crippen LogP contribution in [0.3, 0.4) is 0 Å². The van der Waals surface area contributed by atoms with E-state index in [1.807, 2.05) is 38.1 Å². The summed E-state index contributed by atoms with van der Waals surface area (Å²) in [5.74, 6) is 0.225. The Kier molecular flexibility index (Phi) is 5.54. The van der Waals surface area contributed by atoms with E-state index < -0.39 is 5.91 Å². The van der Waals surface area contributed by atoms with Gasteiger partial charge in [0.1, 0.15) is 5.75 Å². The molecule has 0 spiro atoms. The standard InChI is InChI=1S/C21H22N4O3/c1-13(2)25-21(27)18-11-6-5-10-17(18)19(24-25)20(26)23-22-14(3)15-8-7-9-16(12-15)28-4/h5-13H,1-4H3,(H,23,26)/b22-14-. The van der Waals surface area contributed by atoms with Crippen molar-refractivity contribution in [2.24, 2.45) is 5.10 Å². The number of nitrogens with one attached hydrogen (secondary N) is 1. The fourth-order valence-electron chi connectivity index (χ4n) is 2.82. The lowest BCUT2D eigenvalue weighted by atomic mass is 10.1. The molecular formula is C21H22N4O3. The number of fused-ring (bicyclic) bond motifs is 1. The van der Waals surface area contributed by atoms with Crippen LogP contribution in [0.2, 0.25) is 0 Å². The highest BCUT2D eigenvalue weighted by Gasteiger charge is 2.17. The molecule has 28 heavy (non-hydrogen) atoms. The highest BCUT2D eigenvalue weighted by Crippen LogP contribution is 2.15. The van der Waals surface area contributed by atoms with Crippen LogP contribution >= 0.6 is 0 Å². The maximum atomic E-state index is 12.8. The molecule has 7 nitrogen and oxygen atoms in total. The molecule has 1 amide bonds. The van der Waals surface area contributed by atoms with Gasteiger partial charge in [0, 0.05) is 10.9 Å². The molecule has 0 aliphatic rings. The Morgan fingerprint density at radius 1 is 1.14 bits per heavy atom. The summed E-state index contributed by atoms with van der Waals surface area (Å²) in [7, 11) is 1.59. The molecule has 0 atom stereocenters. The topological polar surface area (TPSA) is 85.6 Å². The zero-order valence-corrected chi connectivity index (χ0v) is 16.3. The van der Waals surface area contributed by atoms with E-state index in [-0.39, 0.29) is 17.3 Å². The van der Waals surface area contributed by atoms with Gasteiger partial charge in [-0.3, -0.25) is 9.59 Å². The van der Waals surface area contributed by atoms with Crippen LogP contribution in [0.5, 0.6) is 5.75 Å². The molecule has 0 fully saturated rings. The molecule has 0 unspecified atom stereocenters. The molecule has 0 aliphatic heterocycles. The summed E-state index contributed by atoms with van der Waals surface area (Å²) < 4.78 is 6.53. The van der Waals surface area contributed by atoms with Gasteiger partial charge in [0.05, 0.1) is 24.2 Å². The summed E-state index contributed by atoms with van der Waals surface area (Å²) in [4.78, 5) is 25.4. The first-order chi connectivity index (χ1) is 13.4. The molecule has 7 heteroatoms. The number of amides is 1. The van der Waals surface area contributed by atoms with E-state index in [1.54, 1.807) is 38.3 Å². The summed E-state index contributed by atoms with van der Waals surface area (Å²) in [5.41, 5.74) is 3.92. The fraction of sp³-hybridized carbons (Fsp3) is 0.238. The maximum absolute atomic E-state index is 12.8. The van der Waals surface area contributed by atoms with Gasteiger partial charge in [0.25, 0.3) is 11.5 Å². The lowest BCUT2D eigenvalue weighted by Crippen LogP contribution is -2.30. The van der Waals surface area contributed by atoms with E-state index in [9.17, 15) is 9.59 Å². The van der Waals surface area contributed by atoms with E-state index in [0.717, 1.165) is 5.56 Å². The molecule has 3 rings (SSSR count). The summed E-state index contributed by atoms with van der Waals surface area (Å²) in [6.45, 7) is 5.47. The lowest BCUT2D eigenvalue weighted by molar-refractivity contribution is 0.0949. The molecule has 144 valence electrons. The normalized spacial score (nSPS) is 11.7. The molecule has 1 heterocycles. The second kappa shape index (κ2) is 8.04. The number of rotatable bonds is 5. The summed E-state index contributed by atoms with van der Waals surface area (Å²) in [6.07, 6.45) is 0. The Bertz CT molecular complexity index is 1120. The zero-order valence-electron chi connectivity index (χ0n) is 16.3. The second-order valence-corrected chi connectivity index (χ2v) is 6.61. The Labute approximate surface area is 162 Å². The van der Waals surface area contributed by atoms with Gasteiger partial charge in [0.2, 0.25) is 0 Å². The van der Waals surface area contributed by atoms with E-state index in [0.29, 0.717) is 22.2 Å². The van der Waals surface area contributed by atoms with E-state index in [4.69, 9.17) is 4.74 Å². The van der Waals surface area contributed by atoms with Crippen molar-refractivity contribution in [2.45, 2.75) is 26.8 Å². The smallest absolute Gasteiger partial charge is 0.292 e. The number of aromatic nitrogens is 2. The third-order valence-electron chi connectivity index (χ3n) is 4.35. The number of carbonyl (C=O) groups excluding carboxylic acids is 1. The highest BCUT2D eigenvalue weighted by molar-refractivity contribution is 6.06. The molecule has 1 N–H and O–H groups in total. The van der Waals surface area contributed by atoms with Gasteiger partial charge in [-0.1, -0.05) is 30.3 Å². The van der Waals surface area contributed by atoms with Crippen molar-refractivity contribution < 1.29 is 9.53 Å². The van der Waals surface area contributed by atoms with Gasteiger partial charge in [-0.15, -0.1) is 0 Å². The second-order valence-electron chi connectivity index (χ2n) is 6.61. The van der Waals surface area contributed by atoms with Crippen LogP contribution < -0.4 is 15.7 Å². The van der Waals surface area contributed by atoms with Gasteiger partial charge < -0.3 is 4.74 Å². The van der Waals surface area contributed by atoms with Crippen LogP contribution in [0.4, 0.5) is 0 Å². The molecule has 0 saturated carbocycles. The minimum Gasteiger partial charge on any atom is -0.497 e. The summed E-state index contributed by atoms with van der Waals surface area (Å²) in [6, 6.07) is 14.2. The van der Waals surface area contributed by atoms with Crippen molar-refractivity contribution in [3.8, 4) is 5.75 Å². The van der Waals surface area contributed by atoms with Crippen LogP contribution in [-0.2, 0) is 0 Å². The number of methoxy groups -OCH3 is 1. The number of hydrazone groups is 1. The predicted molar refractivity (Wildman–Crippen MR) is 109 cm³/mol. The lowest BCUT2D eigenvalue weighted by Gasteiger charge is -2.12. The third-order valence-corrected chi connectivity index (χ3v) is 4.35. The van der Waals surface area contributed by atoms with Crippen molar-refractivity contribution in [2.75, 3.05) is 7.11 Å². The molecule has 3 aromatic rings. The molecule has 2 aromatic carbocycles. The number of ether oxygens (including phenoxy) is 1. The maximum Gasteiger partial charge on any atom is 0.292 e. The SMILES string of the molecule is COc1cccc(/C(C)=N\NC(=O)c2nn(C(C)C)c(=O)c3ccccc23)c1. The number of hydrogen-bond acceptors (Lipinski definition) is 5. The monoisotopic (exact) mass is 378 g/mol. The van der Waals surface area contributed by atoms with Gasteiger partial charge in [0.15, 0.2) is 5.69 Å². The Morgan fingerprint density at radius 3 is 2.54 bits per heavy atom. The van der Waals surface area contributed by atoms with Gasteiger partial charge in [-0.05, 0) is 39.0 Å². The number of benzene rings is 2. The molecule has 0 aliphatic carbocycles. The molecular weight excluding hydrogens is 356 g/mol. The van der Waals surface area contributed by atoms with Crippen molar-refractivity contribution in [3.05, 3.63) is 70.1 Å². The number of hydrogen-bond donors (Lipinski definition) is 1. The van der Waals surface area contributed by atoms with Crippen LogP contribution in [0, 0.1) is 0 Å². The molecule has 0 radical (unpaired) electrons.